The molecule has 2 aromatic carbocycles. The number of carbonyl (C=O) groups is 1. The molecule has 1 aromatic heterocycles. The summed E-state index contributed by atoms with van der Waals surface area (Å²) in [7, 11) is 0. The zero-order valence-corrected chi connectivity index (χ0v) is 19.4. The molecule has 0 amide bonds. The van der Waals surface area contributed by atoms with Crippen molar-refractivity contribution >= 4 is 5.97 Å². The van der Waals surface area contributed by atoms with Crippen molar-refractivity contribution in [3.63, 3.8) is 0 Å². The fourth-order valence-electron chi connectivity index (χ4n) is 3.65. The van der Waals surface area contributed by atoms with E-state index in [2.05, 4.69) is 23.9 Å². The third-order valence-electron chi connectivity index (χ3n) is 5.62. The van der Waals surface area contributed by atoms with Gasteiger partial charge in [0.25, 0.3) is 0 Å². The first kappa shape index (κ1) is 24.6. The third-order valence-corrected chi connectivity index (χ3v) is 5.62. The predicted octanol–water partition coefficient (Wildman–Crippen LogP) is 6.56. The number of hydrogen-bond acceptors (Lipinski definition) is 3. The molecule has 176 valence electrons. The van der Waals surface area contributed by atoms with Crippen LogP contribution >= 0.6 is 0 Å². The van der Waals surface area contributed by atoms with Crippen molar-refractivity contribution in [1.82, 2.24) is 14.8 Å². The average Bonchev–Trinajstić information content (AvgIpc) is 3.20. The van der Waals surface area contributed by atoms with Crippen molar-refractivity contribution < 1.29 is 18.7 Å². The Hall–Kier alpha value is -3.09. The first-order chi connectivity index (χ1) is 15.7. The number of halogens is 2. The van der Waals surface area contributed by atoms with Gasteiger partial charge in [0.05, 0.1) is 12.1 Å². The molecule has 0 atom stereocenters. The highest BCUT2D eigenvalue weighted by atomic mass is 19.3. The van der Waals surface area contributed by atoms with Gasteiger partial charge in [-0.1, -0.05) is 69.7 Å². The van der Waals surface area contributed by atoms with Crippen molar-refractivity contribution in [3.8, 4) is 11.1 Å². The molecule has 0 aliphatic heterocycles. The van der Waals surface area contributed by atoms with Crippen LogP contribution in [0.3, 0.4) is 0 Å². The number of rotatable bonds is 11. The Kier molecular flexibility index (Phi) is 7.95. The second kappa shape index (κ2) is 10.7. The first-order valence-corrected chi connectivity index (χ1v) is 11.4. The quantitative estimate of drug-likeness (QED) is 0.355. The van der Waals surface area contributed by atoms with Crippen molar-refractivity contribution in [3.05, 3.63) is 71.3 Å². The van der Waals surface area contributed by atoms with E-state index in [1.165, 1.54) is 0 Å². The summed E-state index contributed by atoms with van der Waals surface area (Å²) in [5.41, 5.74) is 2.53. The number of alkyl halides is 2. The van der Waals surface area contributed by atoms with E-state index in [-0.39, 0.29) is 12.0 Å². The molecule has 7 heteroatoms. The van der Waals surface area contributed by atoms with Gasteiger partial charge in [-0.3, -0.25) is 0 Å². The van der Waals surface area contributed by atoms with Crippen molar-refractivity contribution in [2.75, 3.05) is 0 Å². The van der Waals surface area contributed by atoms with E-state index in [0.717, 1.165) is 17.5 Å². The van der Waals surface area contributed by atoms with Crippen LogP contribution in [0.25, 0.3) is 11.1 Å². The first-order valence-electron chi connectivity index (χ1n) is 11.4. The molecule has 3 rings (SSSR count). The number of hydrogen-bond donors (Lipinski definition) is 1. The lowest BCUT2D eigenvalue weighted by molar-refractivity contribution is -0.0245. The molecule has 5 nitrogen and oxygen atoms in total. The molecule has 0 saturated heterocycles. The maximum atomic E-state index is 14.6. The minimum Gasteiger partial charge on any atom is -0.478 e. The lowest BCUT2D eigenvalue weighted by atomic mass is 9.99. The molecular weight excluding hydrogens is 424 g/mol. The van der Waals surface area contributed by atoms with E-state index in [0.29, 0.717) is 43.1 Å². The van der Waals surface area contributed by atoms with Crippen LogP contribution in [0.1, 0.15) is 74.0 Å². The highest BCUT2D eigenvalue weighted by Crippen LogP contribution is 2.32. The van der Waals surface area contributed by atoms with Gasteiger partial charge in [-0.05, 0) is 41.5 Å². The van der Waals surface area contributed by atoms with Crippen molar-refractivity contribution in [2.45, 2.75) is 65.3 Å². The molecule has 0 fully saturated rings. The summed E-state index contributed by atoms with van der Waals surface area (Å²) in [5.74, 6) is -3.44. The Morgan fingerprint density at radius 3 is 2.45 bits per heavy atom. The number of benzene rings is 2. The second-order valence-electron chi connectivity index (χ2n) is 8.80. The van der Waals surface area contributed by atoms with Gasteiger partial charge in [-0.25, -0.2) is 14.5 Å². The fraction of sp³-hybridized carbons (Fsp3) is 0.423. The highest BCUT2D eigenvalue weighted by molar-refractivity contribution is 5.95. The van der Waals surface area contributed by atoms with Crippen LogP contribution in [0.15, 0.2) is 48.5 Å². The summed E-state index contributed by atoms with van der Waals surface area (Å²) >= 11 is 0. The Morgan fingerprint density at radius 1 is 1.12 bits per heavy atom. The van der Waals surface area contributed by atoms with Gasteiger partial charge >= 0.3 is 11.9 Å². The topological polar surface area (TPSA) is 68.0 Å². The van der Waals surface area contributed by atoms with E-state index in [1.54, 1.807) is 28.9 Å². The molecule has 1 heterocycles. The van der Waals surface area contributed by atoms with Gasteiger partial charge in [0, 0.05) is 12.8 Å². The minimum atomic E-state index is -3.04. The molecule has 3 aromatic rings. The summed E-state index contributed by atoms with van der Waals surface area (Å²) in [6, 6.07) is 14.3. The molecule has 0 radical (unpaired) electrons. The monoisotopic (exact) mass is 455 g/mol. The number of unbranched alkanes of at least 4 members (excludes halogenated alkanes) is 1. The van der Waals surface area contributed by atoms with Gasteiger partial charge in [0.1, 0.15) is 5.82 Å². The zero-order chi connectivity index (χ0) is 24.0. The smallest absolute Gasteiger partial charge is 0.336 e. The number of aromatic nitrogens is 3. The van der Waals surface area contributed by atoms with Crippen molar-refractivity contribution in [2.24, 2.45) is 5.92 Å². The largest absolute Gasteiger partial charge is 0.478 e. The van der Waals surface area contributed by atoms with Crippen LogP contribution in [-0.4, -0.2) is 25.8 Å². The summed E-state index contributed by atoms with van der Waals surface area (Å²) in [6.07, 6.45) is 2.27. The Labute approximate surface area is 193 Å². The molecule has 33 heavy (non-hydrogen) atoms. The number of carboxylic acid groups (broad SMARTS) is 1. The standard InChI is InChI=1S/C26H31F2N3O2/c1-4-5-16-26(27,28)25-29-23(15-10-18(2)3)31(30-25)17-19-11-13-20(14-12-19)21-8-6-7-9-22(21)24(32)33/h6-9,11-14,18H,4-5,10,15-17H2,1-3H3,(H,32,33). The van der Waals surface area contributed by atoms with E-state index in [1.807, 2.05) is 31.2 Å². The molecule has 0 aliphatic carbocycles. The van der Waals surface area contributed by atoms with E-state index in [9.17, 15) is 18.7 Å². The molecule has 0 aliphatic rings. The van der Waals surface area contributed by atoms with Crippen LogP contribution in [0.4, 0.5) is 8.78 Å². The lowest BCUT2D eigenvalue weighted by Gasteiger charge is -2.11. The molecular formula is C26H31F2N3O2. The molecule has 0 bridgehead atoms. The van der Waals surface area contributed by atoms with Gasteiger partial charge < -0.3 is 5.11 Å². The Balaban J connectivity index is 1.86. The van der Waals surface area contributed by atoms with Gasteiger partial charge in [-0.2, -0.15) is 8.78 Å². The summed E-state index contributed by atoms with van der Waals surface area (Å²) in [6.45, 7) is 6.39. The number of aryl methyl sites for hydroxylation is 1. The van der Waals surface area contributed by atoms with Crippen LogP contribution in [-0.2, 0) is 18.9 Å². The number of nitrogens with zero attached hydrogens (tertiary/aromatic N) is 3. The van der Waals surface area contributed by atoms with Gasteiger partial charge in [-0.15, -0.1) is 5.10 Å². The van der Waals surface area contributed by atoms with Gasteiger partial charge in [0.2, 0.25) is 5.82 Å². The lowest BCUT2D eigenvalue weighted by Crippen LogP contribution is -2.16. The van der Waals surface area contributed by atoms with E-state index < -0.39 is 17.7 Å². The van der Waals surface area contributed by atoms with Crippen LogP contribution in [0.5, 0.6) is 0 Å². The summed E-state index contributed by atoms with van der Waals surface area (Å²) in [4.78, 5) is 15.8. The number of aromatic carboxylic acids is 1. The highest BCUT2D eigenvalue weighted by Gasteiger charge is 2.36. The molecule has 1 N–H and O–H groups in total. The molecule has 0 spiro atoms. The third kappa shape index (κ3) is 6.24. The molecule has 0 saturated carbocycles. The summed E-state index contributed by atoms with van der Waals surface area (Å²) in [5, 5.41) is 13.6. The van der Waals surface area contributed by atoms with Crippen molar-refractivity contribution in [1.29, 1.82) is 0 Å². The fourth-order valence-corrected chi connectivity index (χ4v) is 3.65. The minimum absolute atomic E-state index is 0.233. The summed E-state index contributed by atoms with van der Waals surface area (Å²) < 4.78 is 30.8. The van der Waals surface area contributed by atoms with E-state index in [4.69, 9.17) is 0 Å². The van der Waals surface area contributed by atoms with Crippen LogP contribution < -0.4 is 0 Å². The van der Waals surface area contributed by atoms with Crippen LogP contribution in [0, 0.1) is 5.92 Å². The average molecular weight is 456 g/mol. The van der Waals surface area contributed by atoms with E-state index >= 15 is 0 Å². The predicted molar refractivity (Wildman–Crippen MR) is 125 cm³/mol. The zero-order valence-electron chi connectivity index (χ0n) is 19.4. The maximum absolute atomic E-state index is 14.6. The maximum Gasteiger partial charge on any atom is 0.336 e. The Bertz CT molecular complexity index is 1080. The Morgan fingerprint density at radius 2 is 1.82 bits per heavy atom. The number of carboxylic acids is 1. The normalized spacial score (nSPS) is 11.8. The van der Waals surface area contributed by atoms with Crippen LogP contribution in [0.2, 0.25) is 0 Å². The van der Waals surface area contributed by atoms with Gasteiger partial charge in [0.15, 0.2) is 0 Å². The SMILES string of the molecule is CCCCC(F)(F)c1nc(CCC(C)C)n(Cc2ccc(-c3ccccc3C(=O)O)cc2)n1. The molecule has 0 unspecified atom stereocenters. The second-order valence-corrected chi connectivity index (χ2v) is 8.80.